The molecule has 1 aliphatic rings. The third-order valence-electron chi connectivity index (χ3n) is 5.06. The summed E-state index contributed by atoms with van der Waals surface area (Å²) in [4.78, 5) is 27.7. The summed E-state index contributed by atoms with van der Waals surface area (Å²) in [6.07, 6.45) is 2.65. The Hall–Kier alpha value is -2.34. The molecule has 3 rings (SSSR count). The molecule has 2 amide bonds. The van der Waals surface area contributed by atoms with Gasteiger partial charge in [-0.2, -0.15) is 0 Å². The van der Waals surface area contributed by atoms with Crippen LogP contribution in [0.25, 0.3) is 5.57 Å². The number of anilines is 1. The van der Waals surface area contributed by atoms with Crippen LogP contribution in [0, 0.1) is 6.92 Å². The Morgan fingerprint density at radius 3 is 2.29 bits per heavy atom. The molecule has 0 spiro atoms. The monoisotopic (exact) mass is 460 g/mol. The SMILES string of the molecule is CCCCOCCCN1C(=O)C(Nc2ccc(Cl)cc2C)=C(c2ccc(Cl)cc2)C1=O. The summed E-state index contributed by atoms with van der Waals surface area (Å²) in [6, 6.07) is 12.2. The highest BCUT2D eigenvalue weighted by atomic mass is 35.5. The number of unbranched alkanes of at least 4 members (excludes halogenated alkanes) is 1. The van der Waals surface area contributed by atoms with Crippen molar-refractivity contribution in [2.24, 2.45) is 0 Å². The molecule has 0 atom stereocenters. The van der Waals surface area contributed by atoms with E-state index < -0.39 is 0 Å². The largest absolute Gasteiger partial charge is 0.381 e. The maximum absolute atomic E-state index is 13.2. The molecule has 164 valence electrons. The summed E-state index contributed by atoms with van der Waals surface area (Å²) >= 11 is 12.1. The number of nitrogens with zero attached hydrogens (tertiary/aromatic N) is 1. The third kappa shape index (κ3) is 5.67. The number of hydrogen-bond donors (Lipinski definition) is 1. The van der Waals surface area contributed by atoms with Crippen molar-refractivity contribution in [1.29, 1.82) is 0 Å². The van der Waals surface area contributed by atoms with Crippen LogP contribution in [0.4, 0.5) is 5.69 Å². The van der Waals surface area contributed by atoms with Gasteiger partial charge in [0, 0.05) is 35.5 Å². The molecule has 0 aliphatic carbocycles. The molecule has 0 saturated carbocycles. The molecular weight excluding hydrogens is 435 g/mol. The zero-order valence-electron chi connectivity index (χ0n) is 17.7. The van der Waals surface area contributed by atoms with Gasteiger partial charge in [-0.05, 0) is 61.2 Å². The highest BCUT2D eigenvalue weighted by Crippen LogP contribution is 2.32. The van der Waals surface area contributed by atoms with Gasteiger partial charge in [0.1, 0.15) is 5.70 Å². The minimum atomic E-state index is -0.349. The minimum absolute atomic E-state index is 0.254. The molecule has 0 saturated heterocycles. The van der Waals surface area contributed by atoms with Gasteiger partial charge in [-0.25, -0.2) is 0 Å². The van der Waals surface area contributed by atoms with Gasteiger partial charge in [0.15, 0.2) is 0 Å². The van der Waals surface area contributed by atoms with Crippen LogP contribution in [0.2, 0.25) is 10.0 Å². The molecule has 1 N–H and O–H groups in total. The number of ether oxygens (including phenoxy) is 1. The van der Waals surface area contributed by atoms with Crippen LogP contribution in [0.5, 0.6) is 0 Å². The predicted octanol–water partition coefficient (Wildman–Crippen LogP) is 5.70. The number of aryl methyl sites for hydroxylation is 1. The standard InChI is InChI=1S/C24H26Cl2N2O3/c1-3-4-13-31-14-5-12-28-23(29)21(17-6-8-18(25)9-7-17)22(24(28)30)27-20-11-10-19(26)15-16(20)2/h6-11,15,27H,3-5,12-14H2,1-2H3. The van der Waals surface area contributed by atoms with Crippen molar-refractivity contribution in [2.75, 3.05) is 25.1 Å². The molecule has 1 heterocycles. The minimum Gasteiger partial charge on any atom is -0.381 e. The Bertz CT molecular complexity index is 987. The number of benzene rings is 2. The first kappa shape index (κ1) is 23.3. The van der Waals surface area contributed by atoms with Gasteiger partial charge < -0.3 is 10.1 Å². The Morgan fingerprint density at radius 1 is 0.935 bits per heavy atom. The second-order valence-electron chi connectivity index (χ2n) is 7.42. The summed E-state index contributed by atoms with van der Waals surface area (Å²) in [7, 11) is 0. The van der Waals surface area contributed by atoms with Gasteiger partial charge in [0.05, 0.1) is 5.57 Å². The zero-order valence-corrected chi connectivity index (χ0v) is 19.2. The van der Waals surface area contributed by atoms with Crippen molar-refractivity contribution >= 4 is 46.3 Å². The van der Waals surface area contributed by atoms with E-state index in [4.69, 9.17) is 27.9 Å². The highest BCUT2D eigenvalue weighted by molar-refractivity contribution is 6.37. The van der Waals surface area contributed by atoms with E-state index >= 15 is 0 Å². The quantitative estimate of drug-likeness (QED) is 0.364. The van der Waals surface area contributed by atoms with Crippen LogP contribution in [0.15, 0.2) is 48.2 Å². The van der Waals surface area contributed by atoms with Crippen molar-refractivity contribution < 1.29 is 14.3 Å². The van der Waals surface area contributed by atoms with E-state index in [1.165, 1.54) is 4.90 Å². The number of carbonyl (C=O) groups excluding carboxylic acids is 2. The van der Waals surface area contributed by atoms with Crippen LogP contribution in [-0.2, 0) is 14.3 Å². The van der Waals surface area contributed by atoms with Gasteiger partial charge in [-0.15, -0.1) is 0 Å². The van der Waals surface area contributed by atoms with Crippen LogP contribution >= 0.6 is 23.2 Å². The molecule has 0 bridgehead atoms. The summed E-state index contributed by atoms with van der Waals surface area (Å²) in [5.41, 5.74) is 2.82. The summed E-state index contributed by atoms with van der Waals surface area (Å²) in [6.45, 7) is 5.49. The van der Waals surface area contributed by atoms with E-state index in [1.807, 2.05) is 6.92 Å². The van der Waals surface area contributed by atoms with Gasteiger partial charge >= 0.3 is 0 Å². The molecule has 31 heavy (non-hydrogen) atoms. The second-order valence-corrected chi connectivity index (χ2v) is 8.30. The number of rotatable bonds is 10. The first-order valence-corrected chi connectivity index (χ1v) is 11.1. The molecule has 2 aromatic carbocycles. The third-order valence-corrected chi connectivity index (χ3v) is 5.55. The van der Waals surface area contributed by atoms with Crippen molar-refractivity contribution in [3.8, 4) is 0 Å². The summed E-state index contributed by atoms with van der Waals surface area (Å²) in [5.74, 6) is -0.673. The number of nitrogens with one attached hydrogen (secondary N) is 1. The predicted molar refractivity (Wildman–Crippen MR) is 125 cm³/mol. The van der Waals surface area contributed by atoms with Crippen molar-refractivity contribution in [3.63, 3.8) is 0 Å². The number of amides is 2. The molecule has 0 unspecified atom stereocenters. The second kappa shape index (κ2) is 10.8. The maximum atomic E-state index is 13.2. The van der Waals surface area contributed by atoms with E-state index in [-0.39, 0.29) is 17.5 Å². The van der Waals surface area contributed by atoms with Gasteiger partial charge in [0.25, 0.3) is 11.8 Å². The fourth-order valence-electron chi connectivity index (χ4n) is 3.35. The normalized spacial score (nSPS) is 14.0. The molecule has 0 radical (unpaired) electrons. The molecule has 0 fully saturated rings. The lowest BCUT2D eigenvalue weighted by Gasteiger charge is -2.15. The average molecular weight is 461 g/mol. The van der Waals surface area contributed by atoms with Crippen LogP contribution < -0.4 is 5.32 Å². The zero-order chi connectivity index (χ0) is 22.4. The van der Waals surface area contributed by atoms with E-state index in [0.717, 1.165) is 24.1 Å². The van der Waals surface area contributed by atoms with Gasteiger partial charge in [-0.1, -0.05) is 48.7 Å². The Balaban J connectivity index is 1.85. The van der Waals surface area contributed by atoms with E-state index in [0.29, 0.717) is 47.4 Å². The lowest BCUT2D eigenvalue weighted by atomic mass is 10.0. The smallest absolute Gasteiger partial charge is 0.278 e. The average Bonchev–Trinajstić information content (AvgIpc) is 2.97. The van der Waals surface area contributed by atoms with E-state index in [9.17, 15) is 9.59 Å². The molecule has 0 aromatic heterocycles. The first-order chi connectivity index (χ1) is 14.9. The van der Waals surface area contributed by atoms with E-state index in [1.54, 1.807) is 42.5 Å². The lowest BCUT2D eigenvalue weighted by molar-refractivity contribution is -0.137. The number of imide groups is 1. The van der Waals surface area contributed by atoms with Crippen LogP contribution in [0.1, 0.15) is 37.3 Å². The fraction of sp³-hybridized carbons (Fsp3) is 0.333. The number of halogens is 2. The fourth-order valence-corrected chi connectivity index (χ4v) is 3.71. The highest BCUT2D eigenvalue weighted by Gasteiger charge is 2.39. The van der Waals surface area contributed by atoms with Crippen LogP contribution in [0.3, 0.4) is 0 Å². The molecular formula is C24H26Cl2N2O3. The number of carbonyl (C=O) groups is 2. The first-order valence-electron chi connectivity index (χ1n) is 10.4. The summed E-state index contributed by atoms with van der Waals surface area (Å²) < 4.78 is 5.57. The molecule has 7 heteroatoms. The van der Waals surface area contributed by atoms with Crippen LogP contribution in [-0.4, -0.2) is 36.5 Å². The molecule has 1 aliphatic heterocycles. The Morgan fingerprint density at radius 2 is 1.61 bits per heavy atom. The van der Waals surface area contributed by atoms with Crippen molar-refractivity contribution in [1.82, 2.24) is 4.90 Å². The maximum Gasteiger partial charge on any atom is 0.278 e. The molecule has 2 aromatic rings. The van der Waals surface area contributed by atoms with Crippen molar-refractivity contribution in [2.45, 2.75) is 33.1 Å². The molecule has 5 nitrogen and oxygen atoms in total. The van der Waals surface area contributed by atoms with E-state index in [2.05, 4.69) is 12.2 Å². The Kier molecular flexibility index (Phi) is 8.13. The topological polar surface area (TPSA) is 58.6 Å². The lowest BCUT2D eigenvalue weighted by Crippen LogP contribution is -2.34. The van der Waals surface area contributed by atoms with Gasteiger partial charge in [-0.3, -0.25) is 14.5 Å². The number of hydrogen-bond acceptors (Lipinski definition) is 4. The Labute approximate surface area is 193 Å². The summed E-state index contributed by atoms with van der Waals surface area (Å²) in [5, 5.41) is 4.34. The van der Waals surface area contributed by atoms with Gasteiger partial charge in [0.2, 0.25) is 0 Å². The van der Waals surface area contributed by atoms with Crippen molar-refractivity contribution in [3.05, 3.63) is 69.3 Å².